The zero-order chi connectivity index (χ0) is 14.0. The maximum Gasteiger partial charge on any atom is 0.260 e. The molecule has 0 fully saturated rings. The Morgan fingerprint density at radius 1 is 1.32 bits per heavy atom. The van der Waals surface area contributed by atoms with Gasteiger partial charge >= 0.3 is 0 Å². The summed E-state index contributed by atoms with van der Waals surface area (Å²) >= 11 is 14.4. The van der Waals surface area contributed by atoms with E-state index in [1.54, 1.807) is 6.07 Å². The van der Waals surface area contributed by atoms with Gasteiger partial charge in [0, 0.05) is 10.5 Å². The Kier molecular flexibility index (Phi) is 4.34. The molecule has 98 valence electrons. The Hall–Kier alpha value is -1.24. The minimum atomic E-state index is -0.671. The standard InChI is InChI=1S/C11H5BrCl2FN3O/c12-5-2-1-3-6(15)9(5)10(19)17-8-4-7(13)16-11(14)18-8/h1-4H,(H,16,17,18,19). The molecule has 0 spiro atoms. The van der Waals surface area contributed by atoms with E-state index >= 15 is 0 Å². The first-order valence-electron chi connectivity index (χ1n) is 4.93. The van der Waals surface area contributed by atoms with E-state index in [9.17, 15) is 9.18 Å². The topological polar surface area (TPSA) is 54.9 Å². The number of anilines is 1. The van der Waals surface area contributed by atoms with Crippen molar-refractivity contribution in [1.29, 1.82) is 0 Å². The van der Waals surface area contributed by atoms with Gasteiger partial charge in [-0.2, -0.15) is 0 Å². The summed E-state index contributed by atoms with van der Waals surface area (Å²) in [5.41, 5.74) is -0.131. The van der Waals surface area contributed by atoms with Crippen LogP contribution in [0.4, 0.5) is 10.2 Å². The lowest BCUT2D eigenvalue weighted by Gasteiger charge is -2.07. The molecule has 0 bridgehead atoms. The quantitative estimate of drug-likeness (QED) is 0.648. The number of nitrogens with zero attached hydrogens (tertiary/aromatic N) is 2. The van der Waals surface area contributed by atoms with Gasteiger partial charge in [-0.3, -0.25) is 4.79 Å². The first-order chi connectivity index (χ1) is 8.97. The minimum Gasteiger partial charge on any atom is -0.306 e. The lowest BCUT2D eigenvalue weighted by atomic mass is 10.2. The van der Waals surface area contributed by atoms with Gasteiger partial charge in [-0.15, -0.1) is 0 Å². The van der Waals surface area contributed by atoms with Gasteiger partial charge in [0.2, 0.25) is 5.28 Å². The Labute approximate surface area is 126 Å². The van der Waals surface area contributed by atoms with Crippen molar-refractivity contribution in [2.75, 3.05) is 5.32 Å². The highest BCUT2D eigenvalue weighted by atomic mass is 79.9. The molecule has 1 heterocycles. The van der Waals surface area contributed by atoms with E-state index < -0.39 is 11.7 Å². The summed E-state index contributed by atoms with van der Waals surface area (Å²) in [6, 6.07) is 5.52. The molecule has 1 aromatic carbocycles. The number of aromatic nitrogens is 2. The highest BCUT2D eigenvalue weighted by molar-refractivity contribution is 9.10. The maximum absolute atomic E-state index is 13.6. The number of nitrogens with one attached hydrogen (secondary N) is 1. The second kappa shape index (κ2) is 5.81. The average Bonchev–Trinajstić information content (AvgIpc) is 2.26. The van der Waals surface area contributed by atoms with E-state index in [4.69, 9.17) is 23.2 Å². The van der Waals surface area contributed by atoms with Crippen LogP contribution in [-0.2, 0) is 0 Å². The van der Waals surface area contributed by atoms with Crippen molar-refractivity contribution in [3.8, 4) is 0 Å². The van der Waals surface area contributed by atoms with E-state index in [1.807, 2.05) is 0 Å². The largest absolute Gasteiger partial charge is 0.306 e. The number of carbonyl (C=O) groups is 1. The van der Waals surface area contributed by atoms with Crippen LogP contribution in [0.2, 0.25) is 10.4 Å². The molecule has 2 rings (SSSR count). The molecule has 0 aliphatic heterocycles. The summed E-state index contributed by atoms with van der Waals surface area (Å²) in [4.78, 5) is 19.3. The number of carbonyl (C=O) groups excluding carboxylic acids is 1. The van der Waals surface area contributed by atoms with Gasteiger partial charge in [0.15, 0.2) is 0 Å². The van der Waals surface area contributed by atoms with Crippen molar-refractivity contribution >= 4 is 50.9 Å². The second-order valence-electron chi connectivity index (χ2n) is 3.40. The number of amides is 1. The normalized spacial score (nSPS) is 10.3. The summed E-state index contributed by atoms with van der Waals surface area (Å²) in [6.07, 6.45) is 0. The van der Waals surface area contributed by atoms with Crippen LogP contribution < -0.4 is 5.32 Å². The smallest absolute Gasteiger partial charge is 0.260 e. The Bertz CT molecular complexity index is 613. The molecule has 0 saturated heterocycles. The molecule has 0 radical (unpaired) electrons. The van der Waals surface area contributed by atoms with Crippen LogP contribution in [-0.4, -0.2) is 15.9 Å². The molecule has 2 aromatic rings. The highest BCUT2D eigenvalue weighted by Gasteiger charge is 2.16. The van der Waals surface area contributed by atoms with Crippen LogP contribution in [0.5, 0.6) is 0 Å². The van der Waals surface area contributed by atoms with Gasteiger partial charge in [-0.25, -0.2) is 14.4 Å². The first-order valence-corrected chi connectivity index (χ1v) is 6.47. The van der Waals surface area contributed by atoms with Gasteiger partial charge in [-0.1, -0.05) is 17.7 Å². The summed E-state index contributed by atoms with van der Waals surface area (Å²) in [6.45, 7) is 0. The fourth-order valence-corrected chi connectivity index (χ4v) is 2.28. The molecule has 1 N–H and O–H groups in total. The molecule has 0 atom stereocenters. The molecule has 19 heavy (non-hydrogen) atoms. The molecule has 8 heteroatoms. The predicted molar refractivity (Wildman–Crippen MR) is 74.1 cm³/mol. The lowest BCUT2D eigenvalue weighted by molar-refractivity contribution is 0.102. The molecule has 4 nitrogen and oxygen atoms in total. The number of rotatable bonds is 2. The van der Waals surface area contributed by atoms with E-state index in [1.165, 1.54) is 18.2 Å². The van der Waals surface area contributed by atoms with Crippen molar-refractivity contribution in [3.05, 3.63) is 50.6 Å². The van der Waals surface area contributed by atoms with Gasteiger partial charge in [-0.05, 0) is 39.7 Å². The van der Waals surface area contributed by atoms with E-state index in [0.29, 0.717) is 4.47 Å². The number of halogens is 4. The number of hydrogen-bond acceptors (Lipinski definition) is 3. The van der Waals surface area contributed by atoms with Gasteiger partial charge in [0.05, 0.1) is 5.56 Å². The van der Waals surface area contributed by atoms with Crippen molar-refractivity contribution in [2.45, 2.75) is 0 Å². The minimum absolute atomic E-state index is 0.0721. The van der Waals surface area contributed by atoms with Gasteiger partial charge in [0.25, 0.3) is 5.91 Å². The Morgan fingerprint density at radius 3 is 2.68 bits per heavy atom. The van der Waals surface area contributed by atoms with Crippen LogP contribution >= 0.6 is 39.1 Å². The molecule has 1 aromatic heterocycles. The summed E-state index contributed by atoms with van der Waals surface area (Å²) in [7, 11) is 0. The van der Waals surface area contributed by atoms with Crippen molar-refractivity contribution in [2.24, 2.45) is 0 Å². The lowest BCUT2D eigenvalue weighted by Crippen LogP contribution is -2.15. The molecule has 1 amide bonds. The zero-order valence-electron chi connectivity index (χ0n) is 9.12. The second-order valence-corrected chi connectivity index (χ2v) is 4.98. The Balaban J connectivity index is 2.31. The van der Waals surface area contributed by atoms with Crippen LogP contribution in [0.3, 0.4) is 0 Å². The molecular formula is C11H5BrCl2FN3O. The van der Waals surface area contributed by atoms with E-state index in [-0.39, 0.29) is 21.8 Å². The third-order valence-corrected chi connectivity index (χ3v) is 3.12. The van der Waals surface area contributed by atoms with Gasteiger partial charge < -0.3 is 5.32 Å². The highest BCUT2D eigenvalue weighted by Crippen LogP contribution is 2.21. The predicted octanol–water partition coefficient (Wildman–Crippen LogP) is 3.94. The molecule has 0 aliphatic carbocycles. The molecule has 0 saturated carbocycles. The van der Waals surface area contributed by atoms with Crippen molar-refractivity contribution < 1.29 is 9.18 Å². The SMILES string of the molecule is O=C(Nc1cc(Cl)nc(Cl)n1)c1c(F)cccc1Br. The Morgan fingerprint density at radius 2 is 2.05 bits per heavy atom. The fraction of sp³-hybridized carbons (Fsp3) is 0. The van der Waals surface area contributed by atoms with Crippen LogP contribution in [0, 0.1) is 5.82 Å². The molecular weight excluding hydrogens is 360 g/mol. The average molecular weight is 365 g/mol. The summed E-state index contributed by atoms with van der Waals surface area (Å²) in [5, 5.41) is 2.35. The summed E-state index contributed by atoms with van der Waals surface area (Å²) < 4.78 is 13.9. The fourth-order valence-electron chi connectivity index (χ4n) is 1.35. The number of benzene rings is 1. The number of hydrogen-bond donors (Lipinski definition) is 1. The van der Waals surface area contributed by atoms with Crippen LogP contribution in [0.15, 0.2) is 28.7 Å². The van der Waals surface area contributed by atoms with Crippen LogP contribution in [0.25, 0.3) is 0 Å². The van der Waals surface area contributed by atoms with Crippen molar-refractivity contribution in [1.82, 2.24) is 9.97 Å². The van der Waals surface area contributed by atoms with Crippen LogP contribution in [0.1, 0.15) is 10.4 Å². The van der Waals surface area contributed by atoms with Gasteiger partial charge in [0.1, 0.15) is 16.8 Å². The van der Waals surface area contributed by atoms with E-state index in [2.05, 4.69) is 31.2 Å². The molecule has 0 aliphatic rings. The summed E-state index contributed by atoms with van der Waals surface area (Å²) in [5.74, 6) is -1.24. The maximum atomic E-state index is 13.6. The van der Waals surface area contributed by atoms with Crippen molar-refractivity contribution in [3.63, 3.8) is 0 Å². The zero-order valence-corrected chi connectivity index (χ0v) is 12.2. The third kappa shape index (κ3) is 3.40. The monoisotopic (exact) mass is 363 g/mol. The third-order valence-electron chi connectivity index (χ3n) is 2.10. The molecule has 0 unspecified atom stereocenters. The van der Waals surface area contributed by atoms with E-state index in [0.717, 1.165) is 0 Å². The first kappa shape index (κ1) is 14.2.